The van der Waals surface area contributed by atoms with E-state index in [0.29, 0.717) is 5.00 Å². The summed E-state index contributed by atoms with van der Waals surface area (Å²) in [4.78, 5) is 13.3. The molecule has 0 saturated carbocycles. The van der Waals surface area contributed by atoms with E-state index in [-0.39, 0.29) is 11.1 Å². The summed E-state index contributed by atoms with van der Waals surface area (Å²) >= 11 is 1.31. The molecule has 0 bridgehead atoms. The van der Waals surface area contributed by atoms with E-state index in [0.717, 1.165) is 29.9 Å². The van der Waals surface area contributed by atoms with Gasteiger partial charge in [0, 0.05) is 10.4 Å². The Bertz CT molecular complexity index is 661. The van der Waals surface area contributed by atoms with E-state index >= 15 is 0 Å². The highest BCUT2D eigenvalue weighted by Gasteiger charge is 2.31. The standard InChI is InChI=1S/C15H14F3NOS/c1-2-4-11-8-12(14(19)21-11)13(20)9-5-3-6-10(7-9)15(16,17)18/h3,5-8H,2,4,19H2,1H3. The molecule has 0 radical (unpaired) electrons. The Balaban J connectivity index is 2.36. The second-order valence-corrected chi connectivity index (χ2v) is 5.82. The number of rotatable bonds is 4. The van der Waals surface area contributed by atoms with Gasteiger partial charge in [-0.2, -0.15) is 13.2 Å². The molecule has 1 aromatic carbocycles. The van der Waals surface area contributed by atoms with Crippen LogP contribution >= 0.6 is 11.3 Å². The smallest absolute Gasteiger partial charge is 0.390 e. The van der Waals surface area contributed by atoms with Crippen molar-refractivity contribution in [2.45, 2.75) is 25.9 Å². The first kappa shape index (κ1) is 15.6. The second-order valence-electron chi connectivity index (χ2n) is 4.65. The molecule has 0 saturated heterocycles. The van der Waals surface area contributed by atoms with Crippen molar-refractivity contribution in [2.75, 3.05) is 5.73 Å². The van der Waals surface area contributed by atoms with Crippen LogP contribution in [-0.4, -0.2) is 5.78 Å². The van der Waals surface area contributed by atoms with E-state index in [1.165, 1.54) is 23.5 Å². The Morgan fingerprint density at radius 2 is 2.00 bits per heavy atom. The fourth-order valence-electron chi connectivity index (χ4n) is 2.00. The number of halogens is 3. The average molecular weight is 313 g/mol. The molecule has 1 heterocycles. The summed E-state index contributed by atoms with van der Waals surface area (Å²) < 4.78 is 38.1. The quantitative estimate of drug-likeness (QED) is 0.843. The molecule has 2 aromatic rings. The molecule has 0 aliphatic carbocycles. The Hall–Kier alpha value is -1.82. The van der Waals surface area contributed by atoms with Crippen LogP contribution in [0.25, 0.3) is 0 Å². The number of thiophene rings is 1. The van der Waals surface area contributed by atoms with Crippen molar-refractivity contribution in [3.05, 3.63) is 51.9 Å². The average Bonchev–Trinajstić information content (AvgIpc) is 2.78. The van der Waals surface area contributed by atoms with Crippen LogP contribution in [-0.2, 0) is 12.6 Å². The minimum absolute atomic E-state index is 0.00243. The third-order valence-corrected chi connectivity index (χ3v) is 4.03. The minimum Gasteiger partial charge on any atom is -0.390 e. The van der Waals surface area contributed by atoms with Crippen LogP contribution in [0.4, 0.5) is 18.2 Å². The van der Waals surface area contributed by atoms with Crippen molar-refractivity contribution in [1.29, 1.82) is 0 Å². The van der Waals surface area contributed by atoms with Gasteiger partial charge in [0.1, 0.15) is 0 Å². The lowest BCUT2D eigenvalue weighted by atomic mass is 10.0. The summed E-state index contributed by atoms with van der Waals surface area (Å²) in [5.74, 6) is -0.475. The van der Waals surface area contributed by atoms with Crippen molar-refractivity contribution in [3.63, 3.8) is 0 Å². The molecule has 1 aromatic heterocycles. The van der Waals surface area contributed by atoms with Crippen LogP contribution in [0.3, 0.4) is 0 Å². The van der Waals surface area contributed by atoms with Crippen LogP contribution in [0, 0.1) is 0 Å². The number of ketones is 1. The molecular formula is C15H14F3NOS. The van der Waals surface area contributed by atoms with Crippen molar-refractivity contribution in [3.8, 4) is 0 Å². The number of alkyl halides is 3. The molecule has 112 valence electrons. The van der Waals surface area contributed by atoms with Crippen LogP contribution in [0.5, 0.6) is 0 Å². The molecule has 21 heavy (non-hydrogen) atoms. The first-order valence-electron chi connectivity index (χ1n) is 6.43. The molecule has 2 rings (SSSR count). The van der Waals surface area contributed by atoms with Gasteiger partial charge >= 0.3 is 6.18 Å². The van der Waals surface area contributed by atoms with E-state index < -0.39 is 17.5 Å². The third kappa shape index (κ3) is 3.44. The molecule has 0 spiro atoms. The molecule has 6 heteroatoms. The maximum Gasteiger partial charge on any atom is 0.416 e. The van der Waals surface area contributed by atoms with Crippen molar-refractivity contribution in [2.24, 2.45) is 0 Å². The molecule has 0 atom stereocenters. The summed E-state index contributed by atoms with van der Waals surface area (Å²) in [5, 5.41) is 0.348. The zero-order valence-corrected chi connectivity index (χ0v) is 12.1. The fourth-order valence-corrected chi connectivity index (χ4v) is 3.02. The lowest BCUT2D eigenvalue weighted by Crippen LogP contribution is -2.08. The van der Waals surface area contributed by atoms with Gasteiger partial charge < -0.3 is 5.73 Å². The van der Waals surface area contributed by atoms with Crippen LogP contribution in [0.1, 0.15) is 39.7 Å². The Labute approximate surface area is 124 Å². The predicted octanol–water partition coefficient (Wildman–Crippen LogP) is 4.53. The van der Waals surface area contributed by atoms with Gasteiger partial charge in [0.25, 0.3) is 0 Å². The van der Waals surface area contributed by atoms with E-state index in [2.05, 4.69) is 0 Å². The number of hydrogen-bond acceptors (Lipinski definition) is 3. The topological polar surface area (TPSA) is 43.1 Å². The lowest BCUT2D eigenvalue weighted by Gasteiger charge is -2.08. The summed E-state index contributed by atoms with van der Waals surface area (Å²) in [6.07, 6.45) is -2.76. The normalized spacial score (nSPS) is 11.6. The highest BCUT2D eigenvalue weighted by molar-refractivity contribution is 7.16. The van der Waals surface area contributed by atoms with Gasteiger partial charge in [-0.05, 0) is 24.6 Å². The molecule has 0 aliphatic rings. The maximum absolute atomic E-state index is 12.7. The number of nitrogens with two attached hydrogens (primary N) is 1. The number of aryl methyl sites for hydroxylation is 1. The zero-order valence-electron chi connectivity index (χ0n) is 11.3. The number of benzene rings is 1. The highest BCUT2D eigenvalue weighted by Crippen LogP contribution is 2.32. The number of nitrogen functional groups attached to an aromatic ring is 1. The van der Waals surface area contributed by atoms with E-state index in [9.17, 15) is 18.0 Å². The van der Waals surface area contributed by atoms with Crippen molar-refractivity contribution in [1.82, 2.24) is 0 Å². The number of carbonyl (C=O) groups is 1. The van der Waals surface area contributed by atoms with Gasteiger partial charge in [0.2, 0.25) is 0 Å². The van der Waals surface area contributed by atoms with Crippen molar-refractivity contribution < 1.29 is 18.0 Å². The third-order valence-electron chi connectivity index (χ3n) is 3.00. The van der Waals surface area contributed by atoms with E-state index in [1.54, 1.807) is 6.07 Å². The number of hydrogen-bond donors (Lipinski definition) is 1. The summed E-state index contributed by atoms with van der Waals surface area (Å²) in [6.45, 7) is 2.00. The molecule has 0 amide bonds. The van der Waals surface area contributed by atoms with Gasteiger partial charge in [0.05, 0.1) is 16.1 Å². The number of anilines is 1. The van der Waals surface area contributed by atoms with Crippen LogP contribution in [0.2, 0.25) is 0 Å². The fraction of sp³-hybridized carbons (Fsp3) is 0.267. The molecule has 0 aliphatic heterocycles. The first-order chi connectivity index (χ1) is 9.82. The summed E-state index contributed by atoms with van der Waals surface area (Å²) in [5.41, 5.74) is 5.25. The zero-order chi connectivity index (χ0) is 15.6. The van der Waals surface area contributed by atoms with Gasteiger partial charge in [-0.15, -0.1) is 11.3 Å². The summed E-state index contributed by atoms with van der Waals surface area (Å²) in [7, 11) is 0. The van der Waals surface area contributed by atoms with E-state index in [1.807, 2.05) is 6.92 Å². The SMILES string of the molecule is CCCc1cc(C(=O)c2cccc(C(F)(F)F)c2)c(N)s1. The Morgan fingerprint density at radius 3 is 2.62 bits per heavy atom. The van der Waals surface area contributed by atoms with Gasteiger partial charge in [-0.3, -0.25) is 4.79 Å². The van der Waals surface area contributed by atoms with Gasteiger partial charge in [0.15, 0.2) is 5.78 Å². The molecular weight excluding hydrogens is 299 g/mol. The summed E-state index contributed by atoms with van der Waals surface area (Å²) in [6, 6.07) is 6.07. The van der Waals surface area contributed by atoms with E-state index in [4.69, 9.17) is 5.73 Å². The largest absolute Gasteiger partial charge is 0.416 e. The molecule has 0 fully saturated rings. The lowest BCUT2D eigenvalue weighted by molar-refractivity contribution is -0.137. The van der Waals surface area contributed by atoms with Crippen LogP contribution < -0.4 is 5.73 Å². The molecule has 0 unspecified atom stereocenters. The molecule has 2 nitrogen and oxygen atoms in total. The van der Waals surface area contributed by atoms with Crippen LogP contribution in [0.15, 0.2) is 30.3 Å². The monoisotopic (exact) mass is 313 g/mol. The maximum atomic E-state index is 12.7. The first-order valence-corrected chi connectivity index (χ1v) is 7.24. The van der Waals surface area contributed by atoms with Gasteiger partial charge in [-0.25, -0.2) is 0 Å². The Morgan fingerprint density at radius 1 is 1.29 bits per heavy atom. The highest BCUT2D eigenvalue weighted by atomic mass is 32.1. The van der Waals surface area contributed by atoms with Gasteiger partial charge in [-0.1, -0.05) is 25.5 Å². The minimum atomic E-state index is -4.47. The molecule has 2 N–H and O–H groups in total. The number of carbonyl (C=O) groups excluding carboxylic acids is 1. The predicted molar refractivity (Wildman–Crippen MR) is 77.6 cm³/mol. The van der Waals surface area contributed by atoms with Crippen molar-refractivity contribution >= 4 is 22.1 Å². The Kier molecular flexibility index (Phi) is 4.37. The second kappa shape index (κ2) is 5.89.